The first-order valence-corrected chi connectivity index (χ1v) is 4.88. The second-order valence-corrected chi connectivity index (χ2v) is 3.12. The maximum atomic E-state index is 11.6. The van der Waals surface area contributed by atoms with Gasteiger partial charge in [-0.25, -0.2) is 4.98 Å². The molecule has 0 saturated carbocycles. The van der Waals surface area contributed by atoms with Crippen LogP contribution in [0.15, 0.2) is 16.8 Å². The van der Waals surface area contributed by atoms with Gasteiger partial charge in [-0.3, -0.25) is 9.89 Å². The molecule has 16 heavy (non-hydrogen) atoms. The minimum Gasteiger partial charge on any atom is -0.360 e. The Bertz CT molecular complexity index is 462. The molecule has 0 aliphatic carbocycles. The van der Waals surface area contributed by atoms with Crippen LogP contribution in [0.25, 0.3) is 0 Å². The highest BCUT2D eigenvalue weighted by molar-refractivity contribution is 5.90. The Labute approximate surface area is 91.2 Å². The Kier molecular flexibility index (Phi) is 2.95. The minimum atomic E-state index is -0.340. The molecule has 0 aliphatic rings. The predicted molar refractivity (Wildman–Crippen MR) is 53.4 cm³/mol. The van der Waals surface area contributed by atoms with E-state index in [2.05, 4.69) is 25.7 Å². The number of aryl methyl sites for hydroxylation is 1. The maximum Gasteiger partial charge on any atom is 0.291 e. The number of carbonyl (C=O) groups excluding carboxylic acids is 1. The van der Waals surface area contributed by atoms with Crippen LogP contribution in [0.3, 0.4) is 0 Å². The van der Waals surface area contributed by atoms with Crippen molar-refractivity contribution >= 4 is 5.91 Å². The number of rotatable bonds is 4. The van der Waals surface area contributed by atoms with Gasteiger partial charge in [0.2, 0.25) is 5.82 Å². The highest BCUT2D eigenvalue weighted by Gasteiger charge is 2.11. The zero-order chi connectivity index (χ0) is 11.4. The number of nitrogens with one attached hydrogen (secondary N) is 2. The zero-order valence-electron chi connectivity index (χ0n) is 8.73. The molecule has 0 radical (unpaired) electrons. The third-order valence-corrected chi connectivity index (χ3v) is 1.98. The van der Waals surface area contributed by atoms with Crippen LogP contribution in [0.2, 0.25) is 0 Å². The van der Waals surface area contributed by atoms with Crippen molar-refractivity contribution in [2.24, 2.45) is 0 Å². The number of aromatic amines is 1. The van der Waals surface area contributed by atoms with Gasteiger partial charge in [-0.2, -0.15) is 0 Å². The van der Waals surface area contributed by atoms with E-state index >= 15 is 0 Å². The van der Waals surface area contributed by atoms with Gasteiger partial charge in [-0.1, -0.05) is 12.1 Å². The zero-order valence-corrected chi connectivity index (χ0v) is 8.73. The smallest absolute Gasteiger partial charge is 0.291 e. The van der Waals surface area contributed by atoms with Gasteiger partial charge in [0.05, 0.1) is 12.7 Å². The van der Waals surface area contributed by atoms with Crippen molar-refractivity contribution < 1.29 is 9.32 Å². The van der Waals surface area contributed by atoms with E-state index in [1.165, 1.54) is 6.20 Å². The highest BCUT2D eigenvalue weighted by atomic mass is 16.5. The molecule has 0 spiro atoms. The van der Waals surface area contributed by atoms with Crippen LogP contribution in [0.4, 0.5) is 0 Å². The predicted octanol–water partition coefficient (Wildman–Crippen LogP) is 0.285. The van der Waals surface area contributed by atoms with Crippen LogP contribution in [0, 0.1) is 0 Å². The molecule has 2 rings (SSSR count). The van der Waals surface area contributed by atoms with Gasteiger partial charge in [-0.15, -0.1) is 5.10 Å². The molecule has 0 fully saturated rings. The van der Waals surface area contributed by atoms with Crippen LogP contribution >= 0.6 is 0 Å². The van der Waals surface area contributed by atoms with E-state index in [0.29, 0.717) is 18.0 Å². The van der Waals surface area contributed by atoms with E-state index in [4.69, 9.17) is 4.52 Å². The van der Waals surface area contributed by atoms with Gasteiger partial charge in [-0.05, 0) is 0 Å². The summed E-state index contributed by atoms with van der Waals surface area (Å²) in [6.45, 7) is 2.20. The molecule has 7 heteroatoms. The van der Waals surface area contributed by atoms with Crippen molar-refractivity contribution in [1.29, 1.82) is 0 Å². The topological polar surface area (TPSA) is 96.7 Å². The number of aromatic nitrogens is 4. The monoisotopic (exact) mass is 221 g/mol. The van der Waals surface area contributed by atoms with Crippen LogP contribution in [0.1, 0.15) is 29.1 Å². The van der Waals surface area contributed by atoms with Gasteiger partial charge < -0.3 is 9.84 Å². The Morgan fingerprint density at radius 2 is 2.50 bits per heavy atom. The average molecular weight is 221 g/mol. The van der Waals surface area contributed by atoms with E-state index in [1.807, 2.05) is 6.92 Å². The summed E-state index contributed by atoms with van der Waals surface area (Å²) in [5.74, 6) is 1.06. The van der Waals surface area contributed by atoms with E-state index < -0.39 is 0 Å². The van der Waals surface area contributed by atoms with Crippen molar-refractivity contribution in [3.63, 3.8) is 0 Å². The van der Waals surface area contributed by atoms with Crippen molar-refractivity contribution in [1.82, 2.24) is 25.7 Å². The third-order valence-electron chi connectivity index (χ3n) is 1.98. The molecule has 0 aliphatic heterocycles. The molecule has 2 aromatic rings. The van der Waals surface area contributed by atoms with E-state index in [1.54, 1.807) is 6.07 Å². The molecular weight excluding hydrogens is 210 g/mol. The average Bonchev–Trinajstić information content (AvgIpc) is 2.96. The summed E-state index contributed by atoms with van der Waals surface area (Å²) in [6, 6.07) is 1.68. The third kappa shape index (κ3) is 2.25. The van der Waals surface area contributed by atoms with E-state index in [0.717, 1.165) is 0 Å². The van der Waals surface area contributed by atoms with Crippen molar-refractivity contribution in [3.8, 4) is 0 Å². The molecule has 0 aromatic carbocycles. The van der Waals surface area contributed by atoms with Gasteiger partial charge in [0.15, 0.2) is 5.76 Å². The lowest BCUT2D eigenvalue weighted by molar-refractivity contribution is 0.0937. The Morgan fingerprint density at radius 3 is 3.12 bits per heavy atom. The fourth-order valence-electron chi connectivity index (χ4n) is 1.13. The fourth-order valence-corrected chi connectivity index (χ4v) is 1.13. The summed E-state index contributed by atoms with van der Waals surface area (Å²) < 4.78 is 4.83. The number of amides is 1. The molecule has 7 nitrogen and oxygen atoms in total. The van der Waals surface area contributed by atoms with Crippen LogP contribution in [-0.4, -0.2) is 26.2 Å². The summed E-state index contributed by atoms with van der Waals surface area (Å²) in [6.07, 6.45) is 2.23. The van der Waals surface area contributed by atoms with Crippen LogP contribution in [0.5, 0.6) is 0 Å². The number of hydrogen-bond donors (Lipinski definition) is 2. The van der Waals surface area contributed by atoms with Crippen molar-refractivity contribution in [3.05, 3.63) is 29.7 Å². The summed E-state index contributed by atoms with van der Waals surface area (Å²) in [4.78, 5) is 15.6. The molecule has 1 amide bonds. The van der Waals surface area contributed by atoms with Gasteiger partial charge >= 0.3 is 0 Å². The molecule has 0 atom stereocenters. The fraction of sp³-hybridized carbons (Fsp3) is 0.333. The molecule has 2 heterocycles. The molecule has 0 unspecified atom stereocenters. The summed E-state index contributed by atoms with van der Waals surface area (Å²) in [5.41, 5.74) is 0. The molecule has 84 valence electrons. The van der Waals surface area contributed by atoms with E-state index in [-0.39, 0.29) is 18.3 Å². The molecular formula is C9H11N5O2. The lowest BCUT2D eigenvalue weighted by atomic mass is 10.4. The second kappa shape index (κ2) is 4.56. The Morgan fingerprint density at radius 1 is 1.62 bits per heavy atom. The molecule has 0 bridgehead atoms. The number of hydrogen-bond acceptors (Lipinski definition) is 5. The molecule has 2 N–H and O–H groups in total. The SMILES string of the molecule is CCc1nc(C(=O)NCc2ccno2)n[nH]1. The van der Waals surface area contributed by atoms with Crippen molar-refractivity contribution in [2.75, 3.05) is 0 Å². The molecule has 0 saturated heterocycles. The Hall–Kier alpha value is -2.18. The first kappa shape index (κ1) is 10.3. The quantitative estimate of drug-likeness (QED) is 0.773. The first-order valence-electron chi connectivity index (χ1n) is 4.88. The Balaban J connectivity index is 1.93. The van der Waals surface area contributed by atoms with E-state index in [9.17, 15) is 4.79 Å². The molecule has 2 aromatic heterocycles. The summed E-state index contributed by atoms with van der Waals surface area (Å²) in [7, 11) is 0. The summed E-state index contributed by atoms with van der Waals surface area (Å²) >= 11 is 0. The lowest BCUT2D eigenvalue weighted by Crippen LogP contribution is -2.23. The lowest BCUT2D eigenvalue weighted by Gasteiger charge is -1.97. The maximum absolute atomic E-state index is 11.6. The number of carbonyl (C=O) groups is 1. The van der Waals surface area contributed by atoms with Crippen LogP contribution in [-0.2, 0) is 13.0 Å². The minimum absolute atomic E-state index is 0.136. The standard InChI is InChI=1S/C9H11N5O2/c1-2-7-12-8(14-13-7)9(15)10-5-6-3-4-11-16-6/h3-4H,2,5H2,1H3,(H,10,15)(H,12,13,14). The van der Waals surface area contributed by atoms with Gasteiger partial charge in [0, 0.05) is 12.5 Å². The van der Waals surface area contributed by atoms with Crippen LogP contribution < -0.4 is 5.32 Å². The largest absolute Gasteiger partial charge is 0.360 e. The van der Waals surface area contributed by atoms with Gasteiger partial charge in [0.1, 0.15) is 5.82 Å². The van der Waals surface area contributed by atoms with Crippen molar-refractivity contribution in [2.45, 2.75) is 19.9 Å². The number of H-pyrrole nitrogens is 1. The number of nitrogens with zero attached hydrogens (tertiary/aromatic N) is 3. The first-order chi connectivity index (χ1) is 7.79. The van der Waals surface area contributed by atoms with Gasteiger partial charge in [0.25, 0.3) is 5.91 Å². The normalized spacial score (nSPS) is 10.3. The highest BCUT2D eigenvalue weighted by Crippen LogP contribution is 1.97. The second-order valence-electron chi connectivity index (χ2n) is 3.12. The summed E-state index contributed by atoms with van der Waals surface area (Å²) in [5, 5.41) is 12.6.